The van der Waals surface area contributed by atoms with Crippen LogP contribution in [0.2, 0.25) is 0 Å². The maximum atomic E-state index is 12.7. The third kappa shape index (κ3) is 6.59. The zero-order valence-electron chi connectivity index (χ0n) is 19.9. The summed E-state index contributed by atoms with van der Waals surface area (Å²) in [5.74, 6) is -1.85. The Labute approximate surface area is 210 Å². The fourth-order valence-electron chi connectivity index (χ4n) is 4.04. The molecule has 1 aliphatic heterocycles. The zero-order valence-corrected chi connectivity index (χ0v) is 20.8. The van der Waals surface area contributed by atoms with Crippen LogP contribution in [0.3, 0.4) is 0 Å². The summed E-state index contributed by atoms with van der Waals surface area (Å²) >= 11 is 0. The van der Waals surface area contributed by atoms with Crippen molar-refractivity contribution in [2.24, 2.45) is 11.7 Å². The van der Waals surface area contributed by atoms with Gasteiger partial charge in [0.1, 0.15) is 5.84 Å². The summed E-state index contributed by atoms with van der Waals surface area (Å²) in [6.45, 7) is 0.905. The maximum Gasteiger partial charge on any atom is 0.354 e. The largest absolute Gasteiger partial charge is 0.478 e. The predicted octanol–water partition coefficient (Wildman–Crippen LogP) is 1.10. The molecule has 6 N–H and O–H groups in total. The van der Waals surface area contributed by atoms with Gasteiger partial charge in [0.15, 0.2) is 0 Å². The highest BCUT2D eigenvalue weighted by molar-refractivity contribution is 7.89. The number of carbonyl (C=O) groups is 2. The standard InChI is InChI=1S/C24H31N5O6S/c1-35-24(23(31)32,28-36(33,34)20-5-3-2-4-6-20)16-27-21(30)15-17-11-13-29(14-12-17)19-9-7-18(8-10-19)22(25)26/h2-10,17,28H,11-16H2,1H3,(H3,25,26)(H,27,30)(H,31,32)/t24-/m0/s1. The third-order valence-corrected chi connectivity index (χ3v) is 7.70. The summed E-state index contributed by atoms with van der Waals surface area (Å²) in [6, 6.07) is 14.7. The molecule has 1 saturated heterocycles. The Balaban J connectivity index is 1.55. The van der Waals surface area contributed by atoms with Crippen molar-refractivity contribution in [2.45, 2.75) is 29.9 Å². The second kappa shape index (κ2) is 11.5. The number of hydrogen-bond donors (Lipinski definition) is 5. The minimum atomic E-state index is -4.22. The van der Waals surface area contributed by atoms with Crippen LogP contribution in [0.25, 0.3) is 0 Å². The Morgan fingerprint density at radius 3 is 2.28 bits per heavy atom. The number of nitrogens with two attached hydrogens (primary N) is 1. The molecule has 12 heteroatoms. The Kier molecular flexibility index (Phi) is 8.66. The quantitative estimate of drug-likeness (QED) is 0.167. The van der Waals surface area contributed by atoms with Gasteiger partial charge >= 0.3 is 5.97 Å². The minimum Gasteiger partial charge on any atom is -0.478 e. The van der Waals surface area contributed by atoms with Gasteiger partial charge in [-0.1, -0.05) is 18.2 Å². The Bertz CT molecular complexity index is 1180. The molecule has 0 aliphatic carbocycles. The number of amides is 1. The Morgan fingerprint density at radius 2 is 1.75 bits per heavy atom. The lowest BCUT2D eigenvalue weighted by molar-refractivity contribution is -0.163. The second-order valence-electron chi connectivity index (χ2n) is 8.63. The van der Waals surface area contributed by atoms with Crippen molar-refractivity contribution in [2.75, 3.05) is 31.6 Å². The van der Waals surface area contributed by atoms with Crippen LogP contribution in [-0.2, 0) is 24.3 Å². The van der Waals surface area contributed by atoms with Gasteiger partial charge in [0.05, 0.1) is 11.4 Å². The van der Waals surface area contributed by atoms with Crippen LogP contribution in [0.15, 0.2) is 59.5 Å². The molecule has 1 atom stereocenters. The van der Waals surface area contributed by atoms with Gasteiger partial charge in [0.25, 0.3) is 0 Å². The van der Waals surface area contributed by atoms with Crippen LogP contribution >= 0.6 is 0 Å². The molecule has 2 aromatic carbocycles. The number of amidine groups is 1. The number of nitrogen functional groups attached to an aromatic ring is 1. The van der Waals surface area contributed by atoms with E-state index in [2.05, 4.69) is 14.9 Å². The molecule has 0 saturated carbocycles. The van der Waals surface area contributed by atoms with Crippen molar-refractivity contribution < 1.29 is 27.9 Å². The number of aliphatic carboxylic acids is 1. The van der Waals surface area contributed by atoms with Crippen molar-refractivity contribution >= 4 is 33.4 Å². The Hall–Kier alpha value is -3.48. The van der Waals surface area contributed by atoms with E-state index in [-0.39, 0.29) is 29.0 Å². The maximum absolute atomic E-state index is 12.7. The molecule has 0 radical (unpaired) electrons. The topological polar surface area (TPSA) is 175 Å². The van der Waals surface area contributed by atoms with Crippen LogP contribution in [-0.4, -0.2) is 63.7 Å². The van der Waals surface area contributed by atoms with Crippen LogP contribution in [0.5, 0.6) is 0 Å². The summed E-state index contributed by atoms with van der Waals surface area (Å²) in [6.07, 6.45) is 1.70. The molecule has 0 spiro atoms. The highest BCUT2D eigenvalue weighted by atomic mass is 32.2. The number of ether oxygens (including phenoxy) is 1. The van der Waals surface area contributed by atoms with E-state index in [0.717, 1.165) is 38.7 Å². The molecule has 36 heavy (non-hydrogen) atoms. The van der Waals surface area contributed by atoms with Crippen LogP contribution in [0.1, 0.15) is 24.8 Å². The van der Waals surface area contributed by atoms with Gasteiger partial charge in [0, 0.05) is 37.9 Å². The number of rotatable bonds is 11. The molecular weight excluding hydrogens is 486 g/mol. The first-order valence-electron chi connectivity index (χ1n) is 11.4. The summed E-state index contributed by atoms with van der Waals surface area (Å²) < 4.78 is 32.5. The average molecular weight is 518 g/mol. The van der Waals surface area contributed by atoms with Crippen molar-refractivity contribution in [3.05, 3.63) is 60.2 Å². The van der Waals surface area contributed by atoms with E-state index in [4.69, 9.17) is 15.9 Å². The van der Waals surface area contributed by atoms with E-state index in [0.29, 0.717) is 5.56 Å². The summed E-state index contributed by atoms with van der Waals surface area (Å²) in [7, 11) is -3.16. The molecule has 0 bridgehead atoms. The molecule has 2 aromatic rings. The lowest BCUT2D eigenvalue weighted by atomic mass is 9.92. The van der Waals surface area contributed by atoms with Gasteiger partial charge in [-0.15, -0.1) is 0 Å². The van der Waals surface area contributed by atoms with Crippen molar-refractivity contribution in [1.82, 2.24) is 10.0 Å². The summed E-state index contributed by atoms with van der Waals surface area (Å²) in [5, 5.41) is 19.7. The number of carboxylic acids is 1. The van der Waals surface area contributed by atoms with Gasteiger partial charge in [-0.25, -0.2) is 13.2 Å². The van der Waals surface area contributed by atoms with E-state index >= 15 is 0 Å². The van der Waals surface area contributed by atoms with E-state index in [1.165, 1.54) is 24.3 Å². The summed E-state index contributed by atoms with van der Waals surface area (Å²) in [5.41, 5.74) is 4.81. The van der Waals surface area contributed by atoms with Gasteiger partial charge in [-0.05, 0) is 55.2 Å². The molecule has 1 amide bonds. The van der Waals surface area contributed by atoms with Crippen LogP contribution in [0.4, 0.5) is 5.69 Å². The predicted molar refractivity (Wildman–Crippen MR) is 134 cm³/mol. The van der Waals surface area contributed by atoms with E-state index in [1.807, 2.05) is 12.1 Å². The second-order valence-corrected chi connectivity index (χ2v) is 10.3. The van der Waals surface area contributed by atoms with E-state index in [9.17, 15) is 23.1 Å². The number of carbonyl (C=O) groups excluding carboxylic acids is 1. The van der Waals surface area contributed by atoms with Gasteiger partial charge < -0.3 is 25.8 Å². The van der Waals surface area contributed by atoms with Crippen molar-refractivity contribution in [3.63, 3.8) is 0 Å². The molecule has 1 heterocycles. The molecule has 0 aromatic heterocycles. The molecule has 3 rings (SSSR count). The fraction of sp³-hybridized carbons (Fsp3) is 0.375. The monoisotopic (exact) mass is 517 g/mol. The number of sulfonamides is 1. The average Bonchev–Trinajstić information content (AvgIpc) is 2.87. The van der Waals surface area contributed by atoms with E-state index < -0.39 is 28.3 Å². The number of piperidine rings is 1. The first kappa shape index (κ1) is 27.1. The molecule has 0 unspecified atom stereocenters. The molecule has 1 fully saturated rings. The normalized spacial score (nSPS) is 16.2. The van der Waals surface area contributed by atoms with Gasteiger partial charge in [-0.3, -0.25) is 10.2 Å². The van der Waals surface area contributed by atoms with Crippen molar-refractivity contribution in [3.8, 4) is 0 Å². The first-order chi connectivity index (χ1) is 17.1. The smallest absolute Gasteiger partial charge is 0.354 e. The number of carboxylic acid groups (broad SMARTS) is 1. The first-order valence-corrected chi connectivity index (χ1v) is 12.9. The number of nitrogens with zero attached hydrogens (tertiary/aromatic N) is 1. The van der Waals surface area contributed by atoms with Crippen LogP contribution in [0, 0.1) is 11.3 Å². The SMILES string of the molecule is CO[C@](CNC(=O)CC1CCN(c2ccc(C(=N)N)cc2)CC1)(NS(=O)(=O)c1ccccc1)C(=O)O. The highest BCUT2D eigenvalue weighted by Gasteiger charge is 2.43. The molecule has 11 nitrogen and oxygen atoms in total. The molecule has 194 valence electrons. The third-order valence-electron chi connectivity index (χ3n) is 6.21. The number of anilines is 1. The zero-order chi connectivity index (χ0) is 26.3. The number of hydrogen-bond acceptors (Lipinski definition) is 7. The number of nitrogens with one attached hydrogen (secondary N) is 3. The highest BCUT2D eigenvalue weighted by Crippen LogP contribution is 2.25. The van der Waals surface area contributed by atoms with Gasteiger partial charge in [-0.2, -0.15) is 4.72 Å². The lowest BCUT2D eigenvalue weighted by Crippen LogP contribution is -2.62. The van der Waals surface area contributed by atoms with Gasteiger partial charge in [0.2, 0.25) is 21.7 Å². The van der Waals surface area contributed by atoms with E-state index in [1.54, 1.807) is 18.2 Å². The number of methoxy groups -OCH3 is 1. The minimum absolute atomic E-state index is 0.0134. The number of benzene rings is 2. The molecular formula is C24H31N5O6S. The van der Waals surface area contributed by atoms with Crippen molar-refractivity contribution in [1.29, 1.82) is 5.41 Å². The Morgan fingerprint density at radius 1 is 1.14 bits per heavy atom. The fourth-order valence-corrected chi connectivity index (χ4v) is 5.35. The lowest BCUT2D eigenvalue weighted by Gasteiger charge is -2.34. The summed E-state index contributed by atoms with van der Waals surface area (Å²) in [4.78, 5) is 26.6. The van der Waals surface area contributed by atoms with Crippen LogP contribution < -0.4 is 20.7 Å². The molecule has 1 aliphatic rings.